The predicted octanol–water partition coefficient (Wildman–Crippen LogP) is 2.35. The molecular weight excluding hydrogens is 402 g/mol. The first kappa shape index (κ1) is 22.8. The van der Waals surface area contributed by atoms with Gasteiger partial charge in [-0.15, -0.1) is 0 Å². The number of sulfonamides is 1. The second kappa shape index (κ2) is 9.80. The van der Waals surface area contributed by atoms with Gasteiger partial charge in [-0.2, -0.15) is 0 Å². The zero-order valence-electron chi connectivity index (χ0n) is 16.9. The molecule has 28 heavy (non-hydrogen) atoms. The van der Waals surface area contributed by atoms with Crippen molar-refractivity contribution in [3.63, 3.8) is 0 Å². The molecule has 1 amide bonds. The number of ether oxygens (including phenoxy) is 1. The van der Waals surface area contributed by atoms with Crippen LogP contribution in [-0.2, 0) is 14.8 Å². The molecule has 1 fully saturated rings. The zero-order chi connectivity index (χ0) is 20.9. The number of halogens is 1. The molecule has 1 aromatic carbocycles. The molecule has 1 saturated heterocycles. The third kappa shape index (κ3) is 5.99. The van der Waals surface area contributed by atoms with E-state index in [1.165, 1.54) is 13.2 Å². The Balaban J connectivity index is 2.03. The number of hydrogen-bond acceptors (Lipinski definition) is 5. The van der Waals surface area contributed by atoms with Gasteiger partial charge in [0, 0.05) is 6.54 Å². The molecule has 0 bridgehead atoms. The summed E-state index contributed by atoms with van der Waals surface area (Å²) < 4.78 is 30.9. The van der Waals surface area contributed by atoms with Crippen molar-refractivity contribution in [2.24, 2.45) is 5.92 Å². The Kier molecular flexibility index (Phi) is 7.97. The molecule has 9 heteroatoms. The van der Waals surface area contributed by atoms with Gasteiger partial charge in [-0.05, 0) is 70.4 Å². The SMILES string of the molecule is COc1ccc(N(C(C)C(=O)NCCC2CCN(C)CC2)S(C)(=O)=O)cc1Cl. The number of amides is 1. The monoisotopic (exact) mass is 431 g/mol. The predicted molar refractivity (Wildman–Crippen MR) is 113 cm³/mol. The summed E-state index contributed by atoms with van der Waals surface area (Å²) in [6.07, 6.45) is 4.23. The van der Waals surface area contributed by atoms with Gasteiger partial charge in [0.25, 0.3) is 0 Å². The van der Waals surface area contributed by atoms with Crippen molar-refractivity contribution in [1.29, 1.82) is 0 Å². The van der Waals surface area contributed by atoms with Crippen LogP contribution < -0.4 is 14.4 Å². The summed E-state index contributed by atoms with van der Waals surface area (Å²) >= 11 is 6.14. The summed E-state index contributed by atoms with van der Waals surface area (Å²) in [4.78, 5) is 14.9. The second-order valence-corrected chi connectivity index (χ2v) is 9.65. The molecule has 1 aliphatic heterocycles. The van der Waals surface area contributed by atoms with E-state index in [2.05, 4.69) is 17.3 Å². The van der Waals surface area contributed by atoms with Gasteiger partial charge < -0.3 is 15.0 Å². The fraction of sp³-hybridized carbons (Fsp3) is 0.632. The molecule has 1 aromatic rings. The van der Waals surface area contributed by atoms with E-state index in [4.69, 9.17) is 16.3 Å². The van der Waals surface area contributed by atoms with Crippen molar-refractivity contribution >= 4 is 33.2 Å². The highest BCUT2D eigenvalue weighted by molar-refractivity contribution is 7.92. The van der Waals surface area contributed by atoms with Crippen LogP contribution in [0.5, 0.6) is 5.75 Å². The Morgan fingerprint density at radius 2 is 2.04 bits per heavy atom. The van der Waals surface area contributed by atoms with E-state index < -0.39 is 16.1 Å². The number of nitrogens with zero attached hydrogens (tertiary/aromatic N) is 2. The van der Waals surface area contributed by atoms with Gasteiger partial charge in [-0.25, -0.2) is 8.42 Å². The van der Waals surface area contributed by atoms with Crippen LogP contribution in [-0.4, -0.2) is 65.3 Å². The van der Waals surface area contributed by atoms with Gasteiger partial charge in [0.2, 0.25) is 15.9 Å². The minimum atomic E-state index is -3.68. The lowest BCUT2D eigenvalue weighted by atomic mass is 9.94. The Bertz CT molecular complexity index is 779. The number of hydrogen-bond donors (Lipinski definition) is 1. The van der Waals surface area contributed by atoms with E-state index in [-0.39, 0.29) is 10.9 Å². The molecule has 0 spiro atoms. The van der Waals surface area contributed by atoms with E-state index >= 15 is 0 Å². The summed E-state index contributed by atoms with van der Waals surface area (Å²) in [6.45, 7) is 4.27. The van der Waals surface area contributed by atoms with Gasteiger partial charge in [0.1, 0.15) is 11.8 Å². The van der Waals surface area contributed by atoms with Gasteiger partial charge in [-0.1, -0.05) is 11.6 Å². The maximum atomic E-state index is 12.6. The standard InChI is InChI=1S/C19H30ClN3O4S/c1-14(19(24)21-10-7-15-8-11-22(2)12-9-15)23(28(4,25)26)16-5-6-18(27-3)17(20)13-16/h5-6,13-15H,7-12H2,1-4H3,(H,21,24). The van der Waals surface area contributed by atoms with Crippen LogP contribution in [0.3, 0.4) is 0 Å². The smallest absolute Gasteiger partial charge is 0.243 e. The maximum absolute atomic E-state index is 12.6. The highest BCUT2D eigenvalue weighted by atomic mass is 35.5. The van der Waals surface area contributed by atoms with Gasteiger partial charge in [0.15, 0.2) is 0 Å². The average molecular weight is 432 g/mol. The fourth-order valence-electron chi connectivity index (χ4n) is 3.50. The second-order valence-electron chi connectivity index (χ2n) is 7.38. The van der Waals surface area contributed by atoms with Crippen molar-refractivity contribution in [2.45, 2.75) is 32.2 Å². The van der Waals surface area contributed by atoms with Crippen molar-refractivity contribution in [1.82, 2.24) is 10.2 Å². The Labute approximate surface area is 173 Å². The lowest BCUT2D eigenvalue weighted by Gasteiger charge is -2.30. The normalized spacial score (nSPS) is 17.2. The van der Waals surface area contributed by atoms with E-state index in [9.17, 15) is 13.2 Å². The number of likely N-dealkylation sites (tertiary alicyclic amines) is 1. The molecule has 1 atom stereocenters. The number of nitrogens with one attached hydrogen (secondary N) is 1. The molecular formula is C19H30ClN3O4S. The van der Waals surface area contributed by atoms with Crippen molar-refractivity contribution in [3.8, 4) is 5.75 Å². The first-order valence-electron chi connectivity index (χ1n) is 9.42. The van der Waals surface area contributed by atoms with E-state index in [1.807, 2.05) is 0 Å². The number of rotatable bonds is 8. The lowest BCUT2D eigenvalue weighted by Crippen LogP contribution is -2.48. The lowest BCUT2D eigenvalue weighted by molar-refractivity contribution is -0.121. The molecule has 1 unspecified atom stereocenters. The minimum Gasteiger partial charge on any atom is -0.495 e. The molecule has 0 saturated carbocycles. The first-order chi connectivity index (χ1) is 13.1. The molecule has 7 nitrogen and oxygen atoms in total. The highest BCUT2D eigenvalue weighted by Crippen LogP contribution is 2.31. The molecule has 0 aromatic heterocycles. The van der Waals surface area contributed by atoms with Gasteiger partial charge in [-0.3, -0.25) is 9.10 Å². The number of methoxy groups -OCH3 is 1. The highest BCUT2D eigenvalue weighted by Gasteiger charge is 2.29. The quantitative estimate of drug-likeness (QED) is 0.683. The third-order valence-electron chi connectivity index (χ3n) is 5.17. The van der Waals surface area contributed by atoms with Crippen LogP contribution in [0.25, 0.3) is 0 Å². The Hall–Kier alpha value is -1.51. The number of piperidine rings is 1. The van der Waals surface area contributed by atoms with Crippen LogP contribution in [0.15, 0.2) is 18.2 Å². The van der Waals surface area contributed by atoms with Crippen molar-refractivity contribution in [2.75, 3.05) is 44.4 Å². The molecule has 2 rings (SSSR count). The van der Waals surface area contributed by atoms with Crippen LogP contribution in [0.1, 0.15) is 26.2 Å². The number of benzene rings is 1. The summed E-state index contributed by atoms with van der Waals surface area (Å²) in [5, 5.41) is 3.17. The third-order valence-corrected chi connectivity index (χ3v) is 6.71. The Morgan fingerprint density at radius 1 is 1.39 bits per heavy atom. The van der Waals surface area contributed by atoms with Gasteiger partial charge in [0.05, 0.1) is 24.1 Å². The zero-order valence-corrected chi connectivity index (χ0v) is 18.5. The summed E-state index contributed by atoms with van der Waals surface area (Å²) in [6, 6.07) is 3.76. The first-order valence-corrected chi connectivity index (χ1v) is 11.6. The molecule has 0 radical (unpaired) electrons. The molecule has 158 valence electrons. The Morgan fingerprint density at radius 3 is 2.57 bits per heavy atom. The van der Waals surface area contributed by atoms with Gasteiger partial charge >= 0.3 is 0 Å². The minimum absolute atomic E-state index is 0.281. The topological polar surface area (TPSA) is 79.0 Å². The largest absolute Gasteiger partial charge is 0.495 e. The fourth-order valence-corrected chi connectivity index (χ4v) is 4.92. The summed E-state index contributed by atoms with van der Waals surface area (Å²) in [7, 11) is -0.0849. The summed E-state index contributed by atoms with van der Waals surface area (Å²) in [5.74, 6) is 0.706. The number of carbonyl (C=O) groups excluding carboxylic acids is 1. The van der Waals surface area contributed by atoms with Crippen LogP contribution in [0.2, 0.25) is 5.02 Å². The number of carbonyl (C=O) groups is 1. The van der Waals surface area contributed by atoms with E-state index in [0.29, 0.717) is 23.9 Å². The van der Waals surface area contributed by atoms with Crippen LogP contribution in [0.4, 0.5) is 5.69 Å². The number of anilines is 1. The van der Waals surface area contributed by atoms with Crippen LogP contribution in [0, 0.1) is 5.92 Å². The summed E-state index contributed by atoms with van der Waals surface area (Å²) in [5.41, 5.74) is 0.325. The van der Waals surface area contributed by atoms with Crippen molar-refractivity contribution < 1.29 is 17.9 Å². The molecule has 1 aliphatic rings. The molecule has 1 N–H and O–H groups in total. The van der Waals surface area contributed by atoms with E-state index in [1.54, 1.807) is 19.1 Å². The van der Waals surface area contributed by atoms with Crippen molar-refractivity contribution in [3.05, 3.63) is 23.2 Å². The van der Waals surface area contributed by atoms with E-state index in [0.717, 1.165) is 42.9 Å². The van der Waals surface area contributed by atoms with Crippen LogP contribution >= 0.6 is 11.6 Å². The molecule has 0 aliphatic carbocycles. The maximum Gasteiger partial charge on any atom is 0.243 e. The average Bonchev–Trinajstić information content (AvgIpc) is 2.62. The molecule has 1 heterocycles.